The fourth-order valence-electron chi connectivity index (χ4n) is 2.64. The molecule has 5 heteroatoms. The van der Waals surface area contributed by atoms with Gasteiger partial charge in [-0.2, -0.15) is 10.5 Å². The number of nitrogens with two attached hydrogens (primary N) is 1. The summed E-state index contributed by atoms with van der Waals surface area (Å²) in [4.78, 5) is 4.40. The molecule has 3 rings (SSSR count). The van der Waals surface area contributed by atoms with E-state index in [0.29, 0.717) is 28.4 Å². The fraction of sp³-hybridized carbons (Fsp3) is 0.0870. The Bertz CT molecular complexity index is 1070. The van der Waals surface area contributed by atoms with Gasteiger partial charge in [-0.05, 0) is 61.0 Å². The second kappa shape index (κ2) is 8.53. The lowest BCUT2D eigenvalue weighted by Crippen LogP contribution is -2.13. The molecule has 0 saturated carbocycles. The topological polar surface area (TPSA) is 95.2 Å². The molecule has 28 heavy (non-hydrogen) atoms. The van der Waals surface area contributed by atoms with E-state index in [1.807, 2.05) is 43.3 Å². The average molecular weight is 366 g/mol. The van der Waals surface area contributed by atoms with Crippen molar-refractivity contribution in [3.63, 3.8) is 0 Å². The summed E-state index contributed by atoms with van der Waals surface area (Å²) < 4.78 is 6.02. The molecule has 0 fully saturated rings. The van der Waals surface area contributed by atoms with Gasteiger partial charge in [0.25, 0.3) is 0 Å². The van der Waals surface area contributed by atoms with Crippen molar-refractivity contribution in [2.75, 3.05) is 0 Å². The third-order valence-electron chi connectivity index (χ3n) is 4.20. The molecule has 2 N–H and O–H groups in total. The van der Waals surface area contributed by atoms with E-state index in [-0.39, 0.29) is 6.10 Å². The molecule has 0 amide bonds. The number of hydrogen-bond acceptors (Lipinski definition) is 4. The van der Waals surface area contributed by atoms with Crippen LogP contribution in [0.5, 0.6) is 5.75 Å². The van der Waals surface area contributed by atoms with Crippen LogP contribution in [0, 0.1) is 22.7 Å². The van der Waals surface area contributed by atoms with Crippen LogP contribution >= 0.6 is 0 Å². The van der Waals surface area contributed by atoms with E-state index in [1.54, 1.807) is 36.4 Å². The number of hydrogen-bond donors (Lipinski definition) is 1. The number of ether oxygens (including phenoxy) is 1. The number of nitriles is 2. The second-order valence-electron chi connectivity index (χ2n) is 6.18. The maximum absolute atomic E-state index is 8.90. The SMILES string of the molecule is C[C@@H](Oc1cccc(C(N)=Nc2ccc(C#N)cc2)c1)c1ccc(C#N)cc1. The smallest absolute Gasteiger partial charge is 0.131 e. The summed E-state index contributed by atoms with van der Waals surface area (Å²) >= 11 is 0. The Hall–Kier alpha value is -4.09. The van der Waals surface area contributed by atoms with Crippen molar-refractivity contribution in [2.24, 2.45) is 10.7 Å². The van der Waals surface area contributed by atoms with Gasteiger partial charge in [-0.25, -0.2) is 4.99 Å². The van der Waals surface area contributed by atoms with Gasteiger partial charge in [-0.1, -0.05) is 24.3 Å². The van der Waals surface area contributed by atoms with Gasteiger partial charge in [0.1, 0.15) is 17.7 Å². The van der Waals surface area contributed by atoms with E-state index < -0.39 is 0 Å². The van der Waals surface area contributed by atoms with Gasteiger partial charge in [0.05, 0.1) is 29.0 Å². The normalized spacial score (nSPS) is 11.9. The van der Waals surface area contributed by atoms with Crippen LogP contribution in [-0.4, -0.2) is 5.84 Å². The minimum atomic E-state index is -0.181. The maximum atomic E-state index is 8.90. The van der Waals surface area contributed by atoms with Gasteiger partial charge in [0.15, 0.2) is 0 Å². The second-order valence-corrected chi connectivity index (χ2v) is 6.18. The molecule has 3 aromatic carbocycles. The number of nitrogens with zero attached hydrogens (tertiary/aromatic N) is 3. The number of benzene rings is 3. The Labute approximate surface area is 164 Å². The lowest BCUT2D eigenvalue weighted by Gasteiger charge is -2.16. The zero-order valence-electron chi connectivity index (χ0n) is 15.3. The van der Waals surface area contributed by atoms with E-state index in [0.717, 1.165) is 11.1 Å². The predicted octanol–water partition coefficient (Wildman–Crippen LogP) is 4.61. The zero-order valence-corrected chi connectivity index (χ0v) is 15.3. The Balaban J connectivity index is 1.76. The largest absolute Gasteiger partial charge is 0.486 e. The molecule has 0 unspecified atom stereocenters. The van der Waals surface area contributed by atoms with Crippen LogP contribution in [0.3, 0.4) is 0 Å². The van der Waals surface area contributed by atoms with Crippen LogP contribution in [0.15, 0.2) is 77.8 Å². The number of amidine groups is 1. The molecule has 0 spiro atoms. The summed E-state index contributed by atoms with van der Waals surface area (Å²) in [5.41, 5.74) is 9.72. The lowest BCUT2D eigenvalue weighted by atomic mass is 10.1. The van der Waals surface area contributed by atoms with Gasteiger partial charge in [-0.15, -0.1) is 0 Å². The van der Waals surface area contributed by atoms with E-state index in [2.05, 4.69) is 17.1 Å². The lowest BCUT2D eigenvalue weighted by molar-refractivity contribution is 0.227. The Morgan fingerprint density at radius 3 is 2.14 bits per heavy atom. The number of aliphatic imine (C=N–C) groups is 1. The van der Waals surface area contributed by atoms with Crippen LogP contribution in [0.2, 0.25) is 0 Å². The quantitative estimate of drug-likeness (QED) is 0.527. The molecule has 0 aliphatic carbocycles. The standard InChI is InChI=1S/C23H18N4O/c1-16(19-9-5-17(14-24)6-10-19)28-22-4-2-3-20(13-22)23(26)27-21-11-7-18(15-25)8-12-21/h2-13,16H,1H3,(H2,26,27)/t16-/m1/s1. The summed E-state index contributed by atoms with van der Waals surface area (Å²) in [7, 11) is 0. The molecule has 0 aliphatic rings. The highest BCUT2D eigenvalue weighted by Gasteiger charge is 2.09. The summed E-state index contributed by atoms with van der Waals surface area (Å²) in [6.07, 6.45) is -0.181. The first-order chi connectivity index (χ1) is 13.6. The zero-order chi connectivity index (χ0) is 19.9. The molecule has 136 valence electrons. The molecule has 0 aliphatic heterocycles. The molecule has 0 bridgehead atoms. The van der Waals surface area contributed by atoms with Crippen LogP contribution in [0.25, 0.3) is 0 Å². The third kappa shape index (κ3) is 4.55. The van der Waals surface area contributed by atoms with Crippen LogP contribution in [-0.2, 0) is 0 Å². The summed E-state index contributed by atoms with van der Waals surface area (Å²) in [5, 5.41) is 17.8. The van der Waals surface area contributed by atoms with Crippen molar-refractivity contribution in [2.45, 2.75) is 13.0 Å². The van der Waals surface area contributed by atoms with Gasteiger partial charge >= 0.3 is 0 Å². The molecule has 0 saturated heterocycles. The predicted molar refractivity (Wildman–Crippen MR) is 108 cm³/mol. The first-order valence-corrected chi connectivity index (χ1v) is 8.70. The molecular formula is C23H18N4O. The minimum Gasteiger partial charge on any atom is -0.486 e. The molecule has 0 heterocycles. The Kier molecular flexibility index (Phi) is 5.69. The fourth-order valence-corrected chi connectivity index (χ4v) is 2.64. The average Bonchev–Trinajstić information content (AvgIpc) is 2.74. The third-order valence-corrected chi connectivity index (χ3v) is 4.20. The molecule has 3 aromatic rings. The van der Waals surface area contributed by atoms with Crippen molar-refractivity contribution in [1.82, 2.24) is 0 Å². The summed E-state index contributed by atoms with van der Waals surface area (Å²) in [6.45, 7) is 1.95. The monoisotopic (exact) mass is 366 g/mol. The first-order valence-electron chi connectivity index (χ1n) is 8.70. The van der Waals surface area contributed by atoms with Crippen LogP contribution < -0.4 is 10.5 Å². The molecule has 1 atom stereocenters. The Morgan fingerprint density at radius 1 is 0.929 bits per heavy atom. The van der Waals surface area contributed by atoms with Gasteiger partial charge in [0, 0.05) is 5.56 Å². The van der Waals surface area contributed by atoms with Crippen molar-refractivity contribution in [3.8, 4) is 17.9 Å². The van der Waals surface area contributed by atoms with E-state index in [1.165, 1.54) is 0 Å². The summed E-state index contributed by atoms with van der Waals surface area (Å²) in [5.74, 6) is 1.04. The van der Waals surface area contributed by atoms with Crippen molar-refractivity contribution < 1.29 is 4.74 Å². The molecular weight excluding hydrogens is 348 g/mol. The van der Waals surface area contributed by atoms with Gasteiger partial charge in [-0.3, -0.25) is 0 Å². The molecule has 0 radical (unpaired) electrons. The maximum Gasteiger partial charge on any atom is 0.131 e. The number of rotatable bonds is 5. The molecule has 5 nitrogen and oxygen atoms in total. The van der Waals surface area contributed by atoms with Gasteiger partial charge in [0.2, 0.25) is 0 Å². The van der Waals surface area contributed by atoms with Crippen molar-refractivity contribution in [3.05, 3.63) is 95.1 Å². The van der Waals surface area contributed by atoms with E-state index in [4.69, 9.17) is 21.0 Å². The minimum absolute atomic E-state index is 0.181. The Morgan fingerprint density at radius 2 is 1.54 bits per heavy atom. The highest BCUT2D eigenvalue weighted by molar-refractivity contribution is 5.99. The first kappa shape index (κ1) is 18.7. The van der Waals surface area contributed by atoms with Crippen LogP contribution in [0.4, 0.5) is 5.69 Å². The van der Waals surface area contributed by atoms with Crippen molar-refractivity contribution in [1.29, 1.82) is 10.5 Å². The van der Waals surface area contributed by atoms with Gasteiger partial charge < -0.3 is 10.5 Å². The highest BCUT2D eigenvalue weighted by atomic mass is 16.5. The van der Waals surface area contributed by atoms with Crippen LogP contribution in [0.1, 0.15) is 35.3 Å². The van der Waals surface area contributed by atoms with Crippen molar-refractivity contribution >= 4 is 11.5 Å². The molecule has 0 aromatic heterocycles. The van der Waals surface area contributed by atoms with E-state index >= 15 is 0 Å². The highest BCUT2D eigenvalue weighted by Crippen LogP contribution is 2.23. The summed E-state index contributed by atoms with van der Waals surface area (Å²) in [6, 6.07) is 25.8. The van der Waals surface area contributed by atoms with E-state index in [9.17, 15) is 0 Å².